The fourth-order valence-electron chi connectivity index (χ4n) is 1.76. The lowest BCUT2D eigenvalue weighted by atomic mass is 10.2. The van der Waals surface area contributed by atoms with Gasteiger partial charge in [0.15, 0.2) is 0 Å². The number of nitrogens with one attached hydrogen (secondary N) is 2. The van der Waals surface area contributed by atoms with Crippen LogP contribution in [0.15, 0.2) is 30.3 Å². The lowest BCUT2D eigenvalue weighted by molar-refractivity contribution is 0.262. The van der Waals surface area contributed by atoms with Crippen molar-refractivity contribution in [3.05, 3.63) is 47.4 Å². The third-order valence-electron chi connectivity index (χ3n) is 2.60. The van der Waals surface area contributed by atoms with Gasteiger partial charge in [0.1, 0.15) is 11.6 Å². The second kappa shape index (κ2) is 5.48. The molecule has 2 amide bonds. The minimum absolute atomic E-state index is 0.313. The Bertz CT molecular complexity index is 590. The fraction of sp³-hybridized carbons (Fsp3) is 0.214. The summed E-state index contributed by atoms with van der Waals surface area (Å²) in [4.78, 5) is 20.2. The maximum Gasteiger partial charge on any atom is 0.324 e. The van der Waals surface area contributed by atoms with Crippen LogP contribution in [0.2, 0.25) is 0 Å². The number of urea groups is 1. The molecule has 1 heterocycles. The van der Waals surface area contributed by atoms with E-state index in [9.17, 15) is 4.79 Å². The highest BCUT2D eigenvalue weighted by molar-refractivity contribution is 5.99. The quantitative estimate of drug-likeness (QED) is 0.867. The summed E-state index contributed by atoms with van der Waals surface area (Å²) in [5.74, 6) is 1.13. The number of aromatic nitrogens is 2. The maximum atomic E-state index is 11.9. The summed E-state index contributed by atoms with van der Waals surface area (Å²) in [7, 11) is 0. The van der Waals surface area contributed by atoms with Crippen molar-refractivity contribution >= 4 is 17.5 Å². The minimum atomic E-state index is -0.313. The van der Waals surface area contributed by atoms with Crippen molar-refractivity contribution in [1.29, 1.82) is 0 Å². The minimum Gasteiger partial charge on any atom is -0.307 e. The number of amides is 2. The van der Waals surface area contributed by atoms with Crippen LogP contribution in [0.25, 0.3) is 0 Å². The van der Waals surface area contributed by atoms with Crippen molar-refractivity contribution in [1.82, 2.24) is 9.97 Å². The molecule has 0 atom stereocenters. The number of carbonyl (C=O) groups excluding carboxylic acids is 1. The van der Waals surface area contributed by atoms with Crippen LogP contribution in [0.4, 0.5) is 16.3 Å². The van der Waals surface area contributed by atoms with Crippen molar-refractivity contribution < 1.29 is 4.79 Å². The number of para-hydroxylation sites is 1. The molecule has 0 saturated heterocycles. The summed E-state index contributed by atoms with van der Waals surface area (Å²) >= 11 is 0. The molecule has 2 aromatic rings. The number of carbonyl (C=O) groups is 1. The van der Waals surface area contributed by atoms with Crippen LogP contribution in [0.1, 0.15) is 17.1 Å². The predicted octanol–water partition coefficient (Wildman–Crippen LogP) is 3.05. The van der Waals surface area contributed by atoms with Crippen LogP contribution in [-0.4, -0.2) is 16.0 Å². The van der Waals surface area contributed by atoms with Gasteiger partial charge in [-0.25, -0.2) is 14.8 Å². The summed E-state index contributed by atoms with van der Waals surface area (Å²) in [6, 6.07) is 9.01. The van der Waals surface area contributed by atoms with Gasteiger partial charge in [0.2, 0.25) is 0 Å². The third-order valence-corrected chi connectivity index (χ3v) is 2.60. The molecular formula is C14H16N4O. The Labute approximate surface area is 112 Å². The molecule has 0 unspecified atom stereocenters. The van der Waals surface area contributed by atoms with Crippen LogP contribution in [0, 0.1) is 20.8 Å². The Balaban J connectivity index is 2.07. The van der Waals surface area contributed by atoms with Gasteiger partial charge in [-0.15, -0.1) is 0 Å². The van der Waals surface area contributed by atoms with Crippen LogP contribution in [-0.2, 0) is 0 Å². The normalized spacial score (nSPS) is 10.1. The summed E-state index contributed by atoms with van der Waals surface area (Å²) in [5, 5.41) is 5.49. The highest BCUT2D eigenvalue weighted by Crippen LogP contribution is 2.13. The predicted molar refractivity (Wildman–Crippen MR) is 75.3 cm³/mol. The first-order chi connectivity index (χ1) is 9.04. The van der Waals surface area contributed by atoms with Gasteiger partial charge in [0.25, 0.3) is 0 Å². The van der Waals surface area contributed by atoms with E-state index in [1.807, 2.05) is 38.1 Å². The largest absolute Gasteiger partial charge is 0.324 e. The molecular weight excluding hydrogens is 240 g/mol. The van der Waals surface area contributed by atoms with E-state index in [1.54, 1.807) is 13.0 Å². The summed E-state index contributed by atoms with van der Waals surface area (Å²) in [6.07, 6.45) is 0. The first-order valence-electron chi connectivity index (χ1n) is 6.00. The van der Waals surface area contributed by atoms with Gasteiger partial charge in [0, 0.05) is 17.4 Å². The lowest BCUT2D eigenvalue weighted by Crippen LogP contribution is -2.21. The Kier molecular flexibility index (Phi) is 3.75. The van der Waals surface area contributed by atoms with E-state index in [2.05, 4.69) is 20.6 Å². The maximum absolute atomic E-state index is 11.9. The SMILES string of the molecule is Cc1cc(NC(=O)Nc2ccccc2C)nc(C)n1. The van der Waals surface area contributed by atoms with Gasteiger partial charge in [-0.1, -0.05) is 18.2 Å². The van der Waals surface area contributed by atoms with Crippen molar-refractivity contribution in [3.8, 4) is 0 Å². The van der Waals surface area contributed by atoms with Crippen LogP contribution >= 0.6 is 0 Å². The zero-order valence-electron chi connectivity index (χ0n) is 11.2. The van der Waals surface area contributed by atoms with Gasteiger partial charge in [-0.2, -0.15) is 0 Å². The average Bonchev–Trinajstić information content (AvgIpc) is 2.30. The van der Waals surface area contributed by atoms with Crippen LogP contribution in [0.3, 0.4) is 0 Å². The van der Waals surface area contributed by atoms with E-state index < -0.39 is 0 Å². The number of anilines is 2. The molecule has 0 fully saturated rings. The zero-order chi connectivity index (χ0) is 13.8. The number of aryl methyl sites for hydroxylation is 3. The fourth-order valence-corrected chi connectivity index (χ4v) is 1.76. The van der Waals surface area contributed by atoms with Crippen LogP contribution < -0.4 is 10.6 Å². The topological polar surface area (TPSA) is 66.9 Å². The second-order valence-corrected chi connectivity index (χ2v) is 4.34. The smallest absolute Gasteiger partial charge is 0.307 e. The molecule has 0 aliphatic rings. The number of hydrogen-bond acceptors (Lipinski definition) is 3. The molecule has 0 spiro atoms. The third kappa shape index (κ3) is 3.51. The summed E-state index contributed by atoms with van der Waals surface area (Å²) in [6.45, 7) is 5.59. The van der Waals surface area contributed by atoms with Crippen molar-refractivity contribution in [2.45, 2.75) is 20.8 Å². The molecule has 0 saturated carbocycles. The molecule has 0 radical (unpaired) electrons. The zero-order valence-corrected chi connectivity index (χ0v) is 11.2. The Hall–Kier alpha value is -2.43. The van der Waals surface area contributed by atoms with Crippen molar-refractivity contribution in [2.24, 2.45) is 0 Å². The molecule has 5 heteroatoms. The number of benzene rings is 1. The first kappa shape index (κ1) is 13.0. The molecule has 1 aromatic heterocycles. The van der Waals surface area contributed by atoms with E-state index in [1.165, 1.54) is 0 Å². The van der Waals surface area contributed by atoms with Crippen molar-refractivity contribution in [2.75, 3.05) is 10.6 Å². The van der Waals surface area contributed by atoms with Crippen molar-refractivity contribution in [3.63, 3.8) is 0 Å². The molecule has 0 aliphatic carbocycles. The van der Waals surface area contributed by atoms with Gasteiger partial charge in [0.05, 0.1) is 0 Å². The average molecular weight is 256 g/mol. The van der Waals surface area contributed by atoms with Gasteiger partial charge in [-0.05, 0) is 32.4 Å². The Morgan fingerprint density at radius 3 is 2.47 bits per heavy atom. The highest BCUT2D eigenvalue weighted by atomic mass is 16.2. The van der Waals surface area contributed by atoms with E-state index in [-0.39, 0.29) is 6.03 Å². The molecule has 5 nitrogen and oxygen atoms in total. The molecule has 2 N–H and O–H groups in total. The first-order valence-corrected chi connectivity index (χ1v) is 6.00. The Morgan fingerprint density at radius 1 is 1.05 bits per heavy atom. The van der Waals surface area contributed by atoms with Crippen LogP contribution in [0.5, 0.6) is 0 Å². The summed E-state index contributed by atoms with van der Waals surface area (Å²) in [5.41, 5.74) is 2.61. The molecule has 0 aliphatic heterocycles. The molecule has 98 valence electrons. The number of hydrogen-bond donors (Lipinski definition) is 2. The highest BCUT2D eigenvalue weighted by Gasteiger charge is 2.06. The van der Waals surface area contributed by atoms with Gasteiger partial charge < -0.3 is 5.32 Å². The van der Waals surface area contributed by atoms with Gasteiger partial charge >= 0.3 is 6.03 Å². The van der Waals surface area contributed by atoms with Gasteiger partial charge in [-0.3, -0.25) is 5.32 Å². The molecule has 0 bridgehead atoms. The van der Waals surface area contributed by atoms with E-state index in [0.29, 0.717) is 11.6 Å². The monoisotopic (exact) mass is 256 g/mol. The van der Waals surface area contributed by atoms with E-state index in [0.717, 1.165) is 16.9 Å². The molecule has 2 rings (SSSR count). The van der Waals surface area contributed by atoms with E-state index >= 15 is 0 Å². The summed E-state index contributed by atoms with van der Waals surface area (Å²) < 4.78 is 0. The molecule has 19 heavy (non-hydrogen) atoms. The standard InChI is InChI=1S/C14H16N4O/c1-9-6-4-5-7-12(9)17-14(19)18-13-8-10(2)15-11(3)16-13/h4-8H,1-3H3,(H2,15,16,17,18,19). The Morgan fingerprint density at radius 2 is 1.79 bits per heavy atom. The number of rotatable bonds is 2. The second-order valence-electron chi connectivity index (χ2n) is 4.34. The molecule has 1 aromatic carbocycles. The number of nitrogens with zero attached hydrogens (tertiary/aromatic N) is 2. The lowest BCUT2D eigenvalue weighted by Gasteiger charge is -2.09. The van der Waals surface area contributed by atoms with E-state index in [4.69, 9.17) is 0 Å².